The zero-order chi connectivity index (χ0) is 10.4. The molecule has 1 heterocycles. The van der Waals surface area contributed by atoms with Crippen LogP contribution in [0, 0.1) is 5.41 Å². The van der Waals surface area contributed by atoms with Crippen LogP contribution in [0.25, 0.3) is 0 Å². The highest BCUT2D eigenvalue weighted by molar-refractivity contribution is 4.82. The monoisotopic (exact) mass is 200 g/mol. The van der Waals surface area contributed by atoms with Gasteiger partial charge in [0.1, 0.15) is 0 Å². The van der Waals surface area contributed by atoms with Crippen LogP contribution >= 0.6 is 0 Å². The summed E-state index contributed by atoms with van der Waals surface area (Å²) < 4.78 is 0. The molecule has 0 radical (unpaired) electrons. The van der Waals surface area contributed by atoms with Crippen LogP contribution in [-0.2, 0) is 0 Å². The smallest absolute Gasteiger partial charge is 0.0431 e. The van der Waals surface area contributed by atoms with Crippen LogP contribution < -0.4 is 5.73 Å². The van der Waals surface area contributed by atoms with Crippen molar-refractivity contribution in [2.24, 2.45) is 11.1 Å². The molecule has 1 aliphatic rings. The predicted molar refractivity (Wildman–Crippen MR) is 59.2 cm³/mol. The lowest BCUT2D eigenvalue weighted by Crippen LogP contribution is -2.42. The first-order chi connectivity index (χ1) is 6.70. The van der Waals surface area contributed by atoms with E-state index in [2.05, 4.69) is 11.8 Å². The number of aliphatic hydroxyl groups is 1. The molecule has 0 aromatic carbocycles. The van der Waals surface area contributed by atoms with Crippen molar-refractivity contribution >= 4 is 0 Å². The Kier molecular flexibility index (Phi) is 4.85. The maximum Gasteiger partial charge on any atom is 0.0431 e. The van der Waals surface area contributed by atoms with Gasteiger partial charge >= 0.3 is 0 Å². The molecule has 3 N–H and O–H groups in total. The van der Waals surface area contributed by atoms with Crippen molar-refractivity contribution in [2.45, 2.75) is 32.6 Å². The Morgan fingerprint density at radius 3 is 2.43 bits per heavy atom. The molecule has 84 valence electrons. The lowest BCUT2D eigenvalue weighted by molar-refractivity contribution is 0.121. The number of unbranched alkanes of at least 4 members (excludes halogenated alkanes) is 1. The van der Waals surface area contributed by atoms with Gasteiger partial charge in [-0.2, -0.15) is 0 Å². The lowest BCUT2D eigenvalue weighted by atomic mass is 9.80. The quantitative estimate of drug-likeness (QED) is 0.646. The fraction of sp³-hybridized carbons (Fsp3) is 1.00. The number of hydrogen-bond acceptors (Lipinski definition) is 3. The highest BCUT2D eigenvalue weighted by atomic mass is 16.2. The minimum Gasteiger partial charge on any atom is -0.396 e. The van der Waals surface area contributed by atoms with Gasteiger partial charge in [0.25, 0.3) is 0 Å². The number of likely N-dealkylation sites (tertiary alicyclic amines) is 1. The Morgan fingerprint density at radius 1 is 1.29 bits per heavy atom. The van der Waals surface area contributed by atoms with Crippen LogP contribution in [0.5, 0.6) is 0 Å². The van der Waals surface area contributed by atoms with E-state index >= 15 is 0 Å². The number of nitrogens with two attached hydrogens (primary N) is 1. The van der Waals surface area contributed by atoms with Gasteiger partial charge in [-0.15, -0.1) is 0 Å². The summed E-state index contributed by atoms with van der Waals surface area (Å²) in [5.74, 6) is 0. The summed E-state index contributed by atoms with van der Waals surface area (Å²) in [4.78, 5) is 2.49. The molecule has 1 rings (SSSR count). The van der Waals surface area contributed by atoms with Crippen molar-refractivity contribution in [1.29, 1.82) is 0 Å². The van der Waals surface area contributed by atoms with Gasteiger partial charge in [0.05, 0.1) is 0 Å². The van der Waals surface area contributed by atoms with E-state index < -0.39 is 0 Å². The van der Waals surface area contributed by atoms with Gasteiger partial charge < -0.3 is 15.7 Å². The molecule has 0 bridgehead atoms. The molecule has 1 saturated heterocycles. The van der Waals surface area contributed by atoms with Crippen molar-refractivity contribution in [2.75, 3.05) is 32.8 Å². The number of aliphatic hydroxyl groups excluding tert-OH is 1. The number of rotatable bonds is 5. The van der Waals surface area contributed by atoms with Gasteiger partial charge in [0.2, 0.25) is 0 Å². The fourth-order valence-electron chi connectivity index (χ4n) is 1.97. The van der Waals surface area contributed by atoms with Crippen molar-refractivity contribution in [1.82, 2.24) is 4.90 Å². The second kappa shape index (κ2) is 5.69. The summed E-state index contributed by atoms with van der Waals surface area (Å²) >= 11 is 0. The van der Waals surface area contributed by atoms with Crippen LogP contribution in [0.4, 0.5) is 0 Å². The maximum absolute atomic E-state index is 8.68. The van der Waals surface area contributed by atoms with Gasteiger partial charge in [0.15, 0.2) is 0 Å². The molecular formula is C11H24N2O. The van der Waals surface area contributed by atoms with Gasteiger partial charge in [-0.1, -0.05) is 6.92 Å². The highest BCUT2D eigenvalue weighted by Crippen LogP contribution is 2.29. The van der Waals surface area contributed by atoms with Crippen LogP contribution in [0.1, 0.15) is 32.6 Å². The summed E-state index contributed by atoms with van der Waals surface area (Å²) in [6.45, 7) is 6.93. The lowest BCUT2D eigenvalue weighted by Gasteiger charge is -2.38. The number of hydrogen-bond donors (Lipinski definition) is 2. The average molecular weight is 200 g/mol. The van der Waals surface area contributed by atoms with Crippen LogP contribution in [0.2, 0.25) is 0 Å². The minimum atomic E-state index is 0.328. The molecule has 1 aliphatic heterocycles. The Hall–Kier alpha value is -0.120. The fourth-order valence-corrected chi connectivity index (χ4v) is 1.97. The summed E-state index contributed by atoms with van der Waals surface area (Å²) in [5, 5.41) is 8.68. The summed E-state index contributed by atoms with van der Waals surface area (Å²) in [6, 6.07) is 0. The molecule has 3 nitrogen and oxygen atoms in total. The first-order valence-corrected chi connectivity index (χ1v) is 5.73. The predicted octanol–water partition coefficient (Wildman–Crippen LogP) is 0.820. The maximum atomic E-state index is 8.68. The van der Waals surface area contributed by atoms with E-state index in [1.807, 2.05) is 0 Å². The van der Waals surface area contributed by atoms with E-state index in [1.165, 1.54) is 25.9 Å². The summed E-state index contributed by atoms with van der Waals surface area (Å²) in [5.41, 5.74) is 6.14. The van der Waals surface area contributed by atoms with E-state index in [0.29, 0.717) is 12.0 Å². The molecule has 3 heteroatoms. The third kappa shape index (κ3) is 3.56. The molecule has 14 heavy (non-hydrogen) atoms. The summed E-state index contributed by atoms with van der Waals surface area (Å²) in [7, 11) is 0. The van der Waals surface area contributed by atoms with Gasteiger partial charge in [0, 0.05) is 6.61 Å². The second-order valence-electron chi connectivity index (χ2n) is 4.79. The Labute approximate surface area is 87.3 Å². The van der Waals surface area contributed by atoms with E-state index in [-0.39, 0.29) is 0 Å². The highest BCUT2D eigenvalue weighted by Gasteiger charge is 2.27. The SMILES string of the molecule is CC1(CN)CCN(CCCCO)CC1. The van der Waals surface area contributed by atoms with Gasteiger partial charge in [-0.25, -0.2) is 0 Å². The van der Waals surface area contributed by atoms with Crippen molar-refractivity contribution in [3.05, 3.63) is 0 Å². The third-order valence-electron chi connectivity index (χ3n) is 3.44. The van der Waals surface area contributed by atoms with E-state index in [4.69, 9.17) is 10.8 Å². The number of nitrogens with zero attached hydrogens (tertiary/aromatic N) is 1. The average Bonchev–Trinajstić information content (AvgIpc) is 2.22. The van der Waals surface area contributed by atoms with Crippen molar-refractivity contribution in [3.8, 4) is 0 Å². The zero-order valence-electron chi connectivity index (χ0n) is 9.34. The number of piperidine rings is 1. The molecule has 0 aromatic rings. The molecule has 0 spiro atoms. The topological polar surface area (TPSA) is 49.5 Å². The van der Waals surface area contributed by atoms with Crippen molar-refractivity contribution < 1.29 is 5.11 Å². The standard InChI is InChI=1S/C11H24N2O/c1-11(10-12)4-7-13(8-5-11)6-2-3-9-14/h14H,2-10,12H2,1H3. The minimum absolute atomic E-state index is 0.328. The molecule has 0 unspecified atom stereocenters. The largest absolute Gasteiger partial charge is 0.396 e. The Bertz CT molecular complexity index is 153. The van der Waals surface area contributed by atoms with Crippen LogP contribution in [0.3, 0.4) is 0 Å². The molecular weight excluding hydrogens is 176 g/mol. The normalized spacial score (nSPS) is 22.5. The molecule has 0 aromatic heterocycles. The van der Waals surface area contributed by atoms with Gasteiger partial charge in [-0.3, -0.25) is 0 Å². The van der Waals surface area contributed by atoms with Crippen molar-refractivity contribution in [3.63, 3.8) is 0 Å². The first-order valence-electron chi connectivity index (χ1n) is 5.73. The third-order valence-corrected chi connectivity index (χ3v) is 3.44. The second-order valence-corrected chi connectivity index (χ2v) is 4.79. The van der Waals surface area contributed by atoms with Gasteiger partial charge in [-0.05, 0) is 57.3 Å². The molecule has 0 saturated carbocycles. The zero-order valence-corrected chi connectivity index (χ0v) is 9.34. The van der Waals surface area contributed by atoms with E-state index in [9.17, 15) is 0 Å². The molecule has 0 aliphatic carbocycles. The summed E-state index contributed by atoms with van der Waals surface area (Å²) in [6.07, 6.45) is 4.51. The Balaban J connectivity index is 2.15. The van der Waals surface area contributed by atoms with Crippen LogP contribution in [-0.4, -0.2) is 42.8 Å². The van der Waals surface area contributed by atoms with E-state index in [0.717, 1.165) is 25.9 Å². The van der Waals surface area contributed by atoms with Crippen LogP contribution in [0.15, 0.2) is 0 Å². The Morgan fingerprint density at radius 2 is 1.93 bits per heavy atom. The first kappa shape index (κ1) is 12.0. The molecule has 0 amide bonds. The van der Waals surface area contributed by atoms with E-state index in [1.54, 1.807) is 0 Å². The molecule has 1 fully saturated rings. The molecule has 0 atom stereocenters.